The Morgan fingerprint density at radius 3 is 2.75 bits per heavy atom. The van der Waals surface area contributed by atoms with Crippen molar-refractivity contribution < 1.29 is 14.3 Å². The fourth-order valence-corrected chi connectivity index (χ4v) is 1.71. The second-order valence-corrected chi connectivity index (χ2v) is 3.82. The van der Waals surface area contributed by atoms with Crippen LogP contribution in [0.25, 0.3) is 0 Å². The number of esters is 1. The Bertz CT molecular complexity index is 320. The molecular weight excluding hydrogens is 206 g/mol. The van der Waals surface area contributed by atoms with Gasteiger partial charge in [0.1, 0.15) is 6.04 Å². The molecule has 1 N–H and O–H groups in total. The van der Waals surface area contributed by atoms with E-state index >= 15 is 0 Å². The van der Waals surface area contributed by atoms with Gasteiger partial charge in [0.15, 0.2) is 0 Å². The topological polar surface area (TPSA) is 55.4 Å². The molecule has 0 spiro atoms. The molecule has 0 aliphatic heterocycles. The van der Waals surface area contributed by atoms with E-state index in [1.807, 2.05) is 24.3 Å². The molecule has 0 saturated carbocycles. The summed E-state index contributed by atoms with van der Waals surface area (Å²) < 4.78 is 4.66. The van der Waals surface area contributed by atoms with Crippen LogP contribution in [0.3, 0.4) is 0 Å². The van der Waals surface area contributed by atoms with Gasteiger partial charge in [-0.15, -0.1) is 0 Å². The number of hydrogen-bond donors (Lipinski definition) is 1. The average Bonchev–Trinajstić information content (AvgIpc) is 2.28. The van der Waals surface area contributed by atoms with E-state index in [2.05, 4.69) is 10.1 Å². The minimum Gasteiger partial charge on any atom is -0.467 e. The molecular formula is C12H17NO3. The molecule has 0 heterocycles. The van der Waals surface area contributed by atoms with E-state index in [9.17, 15) is 9.59 Å². The third kappa shape index (κ3) is 3.88. The van der Waals surface area contributed by atoms with E-state index < -0.39 is 12.0 Å². The Kier molecular flexibility index (Phi) is 4.76. The van der Waals surface area contributed by atoms with Crippen molar-refractivity contribution >= 4 is 11.9 Å². The fourth-order valence-electron chi connectivity index (χ4n) is 1.71. The number of hydrogen-bond acceptors (Lipinski definition) is 3. The van der Waals surface area contributed by atoms with Crippen LogP contribution in [0.1, 0.15) is 19.8 Å². The first kappa shape index (κ1) is 12.5. The second kappa shape index (κ2) is 6.10. The van der Waals surface area contributed by atoms with Crippen LogP contribution < -0.4 is 5.32 Å². The summed E-state index contributed by atoms with van der Waals surface area (Å²) in [7, 11) is 1.33. The number of rotatable bonds is 4. The van der Waals surface area contributed by atoms with E-state index in [-0.39, 0.29) is 11.8 Å². The molecule has 0 fully saturated rings. The summed E-state index contributed by atoms with van der Waals surface area (Å²) in [6.07, 6.45) is 9.49. The highest BCUT2D eigenvalue weighted by atomic mass is 16.5. The molecule has 4 nitrogen and oxygen atoms in total. The third-order valence-corrected chi connectivity index (χ3v) is 2.47. The first-order valence-corrected chi connectivity index (χ1v) is 5.31. The lowest BCUT2D eigenvalue weighted by molar-refractivity contribution is -0.145. The van der Waals surface area contributed by atoms with Gasteiger partial charge in [0.2, 0.25) is 5.91 Å². The zero-order valence-electron chi connectivity index (χ0n) is 9.60. The van der Waals surface area contributed by atoms with Crippen LogP contribution in [0.2, 0.25) is 0 Å². The van der Waals surface area contributed by atoms with Gasteiger partial charge < -0.3 is 10.1 Å². The minimum absolute atomic E-state index is 0.217. The van der Waals surface area contributed by atoms with E-state index in [1.54, 1.807) is 0 Å². The molecule has 0 saturated heterocycles. The van der Waals surface area contributed by atoms with Crippen molar-refractivity contribution in [1.82, 2.24) is 5.32 Å². The lowest BCUT2D eigenvalue weighted by Gasteiger charge is -2.20. The highest BCUT2D eigenvalue weighted by molar-refractivity contribution is 5.83. The van der Waals surface area contributed by atoms with Crippen LogP contribution in [0, 0.1) is 5.92 Å². The lowest BCUT2D eigenvalue weighted by Crippen LogP contribution is -2.41. The Hall–Kier alpha value is -1.58. The van der Waals surface area contributed by atoms with Gasteiger partial charge in [0.05, 0.1) is 7.11 Å². The van der Waals surface area contributed by atoms with Crippen molar-refractivity contribution in [2.24, 2.45) is 5.92 Å². The summed E-state index contributed by atoms with van der Waals surface area (Å²) in [6.45, 7) is 1.40. The first-order valence-electron chi connectivity index (χ1n) is 5.31. The van der Waals surface area contributed by atoms with Crippen LogP contribution in [0.15, 0.2) is 24.3 Å². The van der Waals surface area contributed by atoms with Crippen molar-refractivity contribution in [1.29, 1.82) is 0 Å². The molecule has 2 atom stereocenters. The van der Waals surface area contributed by atoms with E-state index in [1.165, 1.54) is 14.0 Å². The van der Waals surface area contributed by atoms with Gasteiger partial charge in [-0.05, 0) is 18.8 Å². The first-order chi connectivity index (χ1) is 7.63. The normalized spacial score (nSPS) is 20.2. The van der Waals surface area contributed by atoms with Gasteiger partial charge in [-0.3, -0.25) is 4.79 Å². The summed E-state index contributed by atoms with van der Waals surface area (Å²) in [5.74, 6) is -0.329. The number of carbonyl (C=O) groups excluding carboxylic acids is 2. The highest BCUT2D eigenvalue weighted by Gasteiger charge is 2.23. The van der Waals surface area contributed by atoms with Crippen LogP contribution in [-0.4, -0.2) is 25.0 Å². The summed E-state index contributed by atoms with van der Waals surface area (Å²) >= 11 is 0. The fraction of sp³-hybridized carbons (Fsp3) is 0.500. The number of allylic oxidation sites excluding steroid dienone is 4. The SMILES string of the molecule is COC(=O)C(CC1C=CC=CC1)NC(C)=O. The number of amides is 1. The smallest absolute Gasteiger partial charge is 0.328 e. The molecule has 88 valence electrons. The van der Waals surface area contributed by atoms with Crippen LogP contribution >= 0.6 is 0 Å². The number of ether oxygens (including phenoxy) is 1. The lowest BCUT2D eigenvalue weighted by atomic mass is 9.93. The molecule has 4 heteroatoms. The Labute approximate surface area is 95.4 Å². The van der Waals surface area contributed by atoms with Gasteiger partial charge in [0, 0.05) is 6.92 Å². The van der Waals surface area contributed by atoms with Crippen molar-refractivity contribution in [3.8, 4) is 0 Å². The summed E-state index contributed by atoms with van der Waals surface area (Å²) in [5.41, 5.74) is 0. The molecule has 0 radical (unpaired) electrons. The quantitative estimate of drug-likeness (QED) is 0.728. The van der Waals surface area contributed by atoms with E-state index in [0.717, 1.165) is 6.42 Å². The molecule has 0 aromatic heterocycles. The van der Waals surface area contributed by atoms with Crippen molar-refractivity contribution in [2.45, 2.75) is 25.8 Å². The van der Waals surface area contributed by atoms with Gasteiger partial charge in [-0.2, -0.15) is 0 Å². The predicted octanol–water partition coefficient (Wildman–Crippen LogP) is 1.19. The minimum atomic E-state index is -0.552. The van der Waals surface area contributed by atoms with Crippen molar-refractivity contribution in [3.05, 3.63) is 24.3 Å². The molecule has 2 unspecified atom stereocenters. The average molecular weight is 223 g/mol. The standard InChI is InChI=1S/C12H17NO3/c1-9(14)13-11(12(15)16-2)8-10-6-4-3-5-7-10/h3-6,10-11H,7-8H2,1-2H3,(H,13,14). The monoisotopic (exact) mass is 223 g/mol. The van der Waals surface area contributed by atoms with Gasteiger partial charge >= 0.3 is 5.97 Å². The molecule has 1 aliphatic carbocycles. The largest absolute Gasteiger partial charge is 0.467 e. The van der Waals surface area contributed by atoms with Crippen molar-refractivity contribution in [2.75, 3.05) is 7.11 Å². The van der Waals surface area contributed by atoms with Crippen molar-refractivity contribution in [3.63, 3.8) is 0 Å². The van der Waals surface area contributed by atoms with Crippen LogP contribution in [0.4, 0.5) is 0 Å². The Morgan fingerprint density at radius 1 is 1.50 bits per heavy atom. The zero-order chi connectivity index (χ0) is 12.0. The van der Waals surface area contributed by atoms with E-state index in [0.29, 0.717) is 6.42 Å². The molecule has 1 amide bonds. The maximum atomic E-state index is 11.4. The summed E-state index contributed by atoms with van der Waals surface area (Å²) in [6, 6.07) is -0.552. The van der Waals surface area contributed by atoms with E-state index in [4.69, 9.17) is 0 Å². The maximum absolute atomic E-state index is 11.4. The molecule has 0 aromatic rings. The molecule has 0 aromatic carbocycles. The number of carbonyl (C=O) groups is 2. The molecule has 0 bridgehead atoms. The maximum Gasteiger partial charge on any atom is 0.328 e. The van der Waals surface area contributed by atoms with Gasteiger partial charge in [0.25, 0.3) is 0 Å². The predicted molar refractivity (Wildman–Crippen MR) is 60.6 cm³/mol. The molecule has 1 aliphatic rings. The number of nitrogens with one attached hydrogen (secondary N) is 1. The highest BCUT2D eigenvalue weighted by Crippen LogP contribution is 2.18. The molecule has 16 heavy (non-hydrogen) atoms. The van der Waals surface area contributed by atoms with Gasteiger partial charge in [-0.25, -0.2) is 4.79 Å². The van der Waals surface area contributed by atoms with Crippen LogP contribution in [0.5, 0.6) is 0 Å². The summed E-state index contributed by atoms with van der Waals surface area (Å²) in [4.78, 5) is 22.4. The summed E-state index contributed by atoms with van der Waals surface area (Å²) in [5, 5.41) is 2.61. The Balaban J connectivity index is 2.55. The third-order valence-electron chi connectivity index (χ3n) is 2.47. The number of methoxy groups -OCH3 is 1. The van der Waals surface area contributed by atoms with Gasteiger partial charge in [-0.1, -0.05) is 24.3 Å². The zero-order valence-corrected chi connectivity index (χ0v) is 9.60. The Morgan fingerprint density at radius 2 is 2.25 bits per heavy atom. The molecule has 1 rings (SSSR count). The van der Waals surface area contributed by atoms with Crippen LogP contribution in [-0.2, 0) is 14.3 Å². The second-order valence-electron chi connectivity index (χ2n) is 3.82.